The number of aromatic nitrogens is 2. The fourth-order valence-electron chi connectivity index (χ4n) is 2.53. The minimum atomic E-state index is -0.125. The number of hydrogen-bond acceptors (Lipinski definition) is 5. The monoisotopic (exact) mass is 322 g/mol. The highest BCUT2D eigenvalue weighted by molar-refractivity contribution is 5.79. The molecule has 7 heteroatoms. The van der Waals surface area contributed by atoms with E-state index in [0.717, 1.165) is 19.0 Å². The molecule has 1 aliphatic heterocycles. The summed E-state index contributed by atoms with van der Waals surface area (Å²) in [5.74, 6) is 2.07. The number of hydrogen-bond donors (Lipinski definition) is 2. The first-order valence-electron chi connectivity index (χ1n) is 8.49. The summed E-state index contributed by atoms with van der Waals surface area (Å²) in [5, 5.41) is 10.6. The lowest BCUT2D eigenvalue weighted by Gasteiger charge is -2.26. The molecule has 1 aliphatic rings. The number of nitrogens with zero attached hydrogens (tertiary/aromatic N) is 4. The van der Waals surface area contributed by atoms with Crippen molar-refractivity contribution in [1.82, 2.24) is 25.7 Å². The zero-order valence-electron chi connectivity index (χ0n) is 14.9. The van der Waals surface area contributed by atoms with Crippen LogP contribution < -0.4 is 10.6 Å². The average Bonchev–Trinajstić information content (AvgIpc) is 3.01. The van der Waals surface area contributed by atoms with E-state index in [1.807, 2.05) is 0 Å². The summed E-state index contributed by atoms with van der Waals surface area (Å²) in [6.45, 7) is 11.0. The van der Waals surface area contributed by atoms with Gasteiger partial charge in [-0.2, -0.15) is 4.98 Å². The number of guanidine groups is 1. The van der Waals surface area contributed by atoms with Gasteiger partial charge in [-0.3, -0.25) is 4.99 Å². The van der Waals surface area contributed by atoms with Crippen molar-refractivity contribution in [3.8, 4) is 0 Å². The molecule has 0 aromatic carbocycles. The maximum Gasteiger partial charge on any atom is 0.232 e. The lowest BCUT2D eigenvalue weighted by atomic mass is 9.97. The van der Waals surface area contributed by atoms with Gasteiger partial charge < -0.3 is 20.1 Å². The second kappa shape index (κ2) is 8.29. The number of rotatable bonds is 5. The molecule has 0 radical (unpaired) electrons. The molecule has 0 unspecified atom stereocenters. The van der Waals surface area contributed by atoms with Gasteiger partial charge in [-0.25, -0.2) is 0 Å². The van der Waals surface area contributed by atoms with Crippen molar-refractivity contribution in [1.29, 1.82) is 0 Å². The first-order valence-corrected chi connectivity index (χ1v) is 8.49. The summed E-state index contributed by atoms with van der Waals surface area (Å²) in [5.41, 5.74) is -0.125. The predicted molar refractivity (Wildman–Crippen MR) is 91.5 cm³/mol. The van der Waals surface area contributed by atoms with Gasteiger partial charge in [0.05, 0.1) is 6.54 Å². The van der Waals surface area contributed by atoms with Gasteiger partial charge in [0.1, 0.15) is 0 Å². The molecule has 2 heterocycles. The molecule has 1 saturated heterocycles. The molecular formula is C16H30N6O. The lowest BCUT2D eigenvalue weighted by Crippen LogP contribution is -2.42. The Hall–Kier alpha value is -1.63. The molecule has 1 aromatic heterocycles. The van der Waals surface area contributed by atoms with Gasteiger partial charge >= 0.3 is 0 Å². The average molecular weight is 322 g/mol. The highest BCUT2D eigenvalue weighted by Crippen LogP contribution is 2.19. The normalized spacial score (nSPS) is 17.3. The Morgan fingerprint density at radius 1 is 1.22 bits per heavy atom. The van der Waals surface area contributed by atoms with Gasteiger partial charge in [-0.15, -0.1) is 0 Å². The molecule has 2 N–H and O–H groups in total. The Bertz CT molecular complexity index is 499. The van der Waals surface area contributed by atoms with Crippen LogP contribution in [0.5, 0.6) is 0 Å². The Morgan fingerprint density at radius 2 is 1.96 bits per heavy atom. The van der Waals surface area contributed by atoms with Crippen LogP contribution in [0.1, 0.15) is 51.7 Å². The smallest absolute Gasteiger partial charge is 0.232 e. The van der Waals surface area contributed by atoms with E-state index in [0.29, 0.717) is 18.3 Å². The van der Waals surface area contributed by atoms with Crippen molar-refractivity contribution in [2.24, 2.45) is 4.99 Å². The Kier molecular flexibility index (Phi) is 6.38. The summed E-state index contributed by atoms with van der Waals surface area (Å²) < 4.78 is 5.29. The fraction of sp³-hybridized carbons (Fsp3) is 0.812. The van der Waals surface area contributed by atoms with Gasteiger partial charge in [0.2, 0.25) is 5.89 Å². The van der Waals surface area contributed by atoms with E-state index >= 15 is 0 Å². The van der Waals surface area contributed by atoms with Crippen molar-refractivity contribution < 1.29 is 4.52 Å². The number of aliphatic imine (C=N–C) groups is 1. The third-order valence-corrected chi connectivity index (χ3v) is 3.92. The van der Waals surface area contributed by atoms with Gasteiger partial charge in [-0.1, -0.05) is 32.3 Å². The van der Waals surface area contributed by atoms with Crippen LogP contribution >= 0.6 is 0 Å². The molecule has 0 amide bonds. The van der Waals surface area contributed by atoms with E-state index in [2.05, 4.69) is 51.4 Å². The highest BCUT2D eigenvalue weighted by atomic mass is 16.5. The topological polar surface area (TPSA) is 78.6 Å². The lowest BCUT2D eigenvalue weighted by molar-refractivity contribution is 0.232. The molecule has 0 spiro atoms. The van der Waals surface area contributed by atoms with Crippen molar-refractivity contribution in [2.45, 2.75) is 52.0 Å². The summed E-state index contributed by atoms with van der Waals surface area (Å²) in [6.07, 6.45) is 4.01. The van der Waals surface area contributed by atoms with Crippen molar-refractivity contribution >= 4 is 5.96 Å². The van der Waals surface area contributed by atoms with Gasteiger partial charge in [0.15, 0.2) is 11.8 Å². The van der Waals surface area contributed by atoms with Crippen molar-refractivity contribution in [2.75, 3.05) is 33.2 Å². The van der Waals surface area contributed by atoms with E-state index in [4.69, 9.17) is 4.52 Å². The Balaban J connectivity index is 1.71. The maximum atomic E-state index is 5.29. The second-order valence-electron chi connectivity index (χ2n) is 7.02. The van der Waals surface area contributed by atoms with Crippen LogP contribution in [0.25, 0.3) is 0 Å². The molecule has 1 fully saturated rings. The third kappa shape index (κ3) is 5.82. The molecule has 23 heavy (non-hydrogen) atoms. The van der Waals surface area contributed by atoms with Gasteiger partial charge in [0.25, 0.3) is 0 Å². The molecule has 0 bridgehead atoms. The number of piperidine rings is 1. The predicted octanol–water partition coefficient (Wildman–Crippen LogP) is 1.52. The molecule has 0 atom stereocenters. The first-order chi connectivity index (χ1) is 11.0. The molecule has 0 saturated carbocycles. The standard InChI is InChI=1S/C16H30N6O/c1-16(2,3)14-20-13(21-23-14)12-19-15(17-4)18-8-11-22-9-6-5-7-10-22/h5-12H2,1-4H3,(H2,17,18,19). The maximum absolute atomic E-state index is 5.29. The van der Waals surface area contributed by atoms with Crippen LogP contribution in [0.4, 0.5) is 0 Å². The number of likely N-dealkylation sites (tertiary alicyclic amines) is 1. The minimum Gasteiger partial charge on any atom is -0.355 e. The van der Waals surface area contributed by atoms with Gasteiger partial charge in [0, 0.05) is 25.6 Å². The molecule has 130 valence electrons. The largest absolute Gasteiger partial charge is 0.355 e. The second-order valence-corrected chi connectivity index (χ2v) is 7.02. The zero-order chi connectivity index (χ0) is 16.7. The quantitative estimate of drug-likeness (QED) is 0.632. The van der Waals surface area contributed by atoms with Gasteiger partial charge in [-0.05, 0) is 25.9 Å². The molecule has 7 nitrogen and oxygen atoms in total. The highest BCUT2D eigenvalue weighted by Gasteiger charge is 2.21. The van der Waals surface area contributed by atoms with E-state index in [1.54, 1.807) is 7.05 Å². The van der Waals surface area contributed by atoms with E-state index in [-0.39, 0.29) is 5.41 Å². The summed E-state index contributed by atoms with van der Waals surface area (Å²) in [7, 11) is 1.77. The van der Waals surface area contributed by atoms with Crippen LogP contribution in [0.3, 0.4) is 0 Å². The third-order valence-electron chi connectivity index (χ3n) is 3.92. The Labute approximate surface area is 138 Å². The van der Waals surface area contributed by atoms with E-state index < -0.39 is 0 Å². The molecular weight excluding hydrogens is 292 g/mol. The summed E-state index contributed by atoms with van der Waals surface area (Å²) in [4.78, 5) is 11.1. The zero-order valence-corrected chi connectivity index (χ0v) is 14.9. The number of nitrogens with one attached hydrogen (secondary N) is 2. The summed E-state index contributed by atoms with van der Waals surface area (Å²) >= 11 is 0. The molecule has 1 aromatic rings. The molecule has 0 aliphatic carbocycles. The van der Waals surface area contributed by atoms with Crippen LogP contribution in [-0.2, 0) is 12.0 Å². The van der Waals surface area contributed by atoms with Crippen molar-refractivity contribution in [3.63, 3.8) is 0 Å². The Morgan fingerprint density at radius 3 is 2.57 bits per heavy atom. The van der Waals surface area contributed by atoms with Crippen LogP contribution in [0.2, 0.25) is 0 Å². The fourth-order valence-corrected chi connectivity index (χ4v) is 2.53. The first kappa shape index (κ1) is 17.7. The van der Waals surface area contributed by atoms with Crippen LogP contribution in [0, 0.1) is 0 Å². The van der Waals surface area contributed by atoms with Crippen LogP contribution in [-0.4, -0.2) is 54.2 Å². The van der Waals surface area contributed by atoms with E-state index in [9.17, 15) is 0 Å². The minimum absolute atomic E-state index is 0.125. The summed E-state index contributed by atoms with van der Waals surface area (Å²) in [6, 6.07) is 0. The van der Waals surface area contributed by atoms with Crippen LogP contribution in [0.15, 0.2) is 9.52 Å². The van der Waals surface area contributed by atoms with Crippen molar-refractivity contribution in [3.05, 3.63) is 11.7 Å². The SMILES string of the molecule is CN=C(NCCN1CCCCC1)NCc1noc(C(C)(C)C)n1. The molecule has 2 rings (SSSR count). The van der Waals surface area contributed by atoms with E-state index in [1.165, 1.54) is 32.4 Å².